The van der Waals surface area contributed by atoms with E-state index in [9.17, 15) is 19.2 Å². The molecular formula is C37H52CuN10O4S4. The maximum atomic E-state index is 14.1. The van der Waals surface area contributed by atoms with Gasteiger partial charge in [-0.15, -0.1) is 45.3 Å². The number of aryl methyl sites for hydroxylation is 2. The SMILES string of the molecule is CCN(CC)C(=O)c1sc(/N=c2\[n-]c(C(C)(C)c3nc(/N=c4\[n-]c(C)c(C(=O)N(CC)CC)s4)sc3C(=O)N(CC)CC)c(C(=O)N(CC)CC)s2)nc1C.[Cu+2]. The summed E-state index contributed by atoms with van der Waals surface area (Å²) in [7, 11) is 0. The predicted octanol–water partition coefficient (Wildman–Crippen LogP) is 5.97. The van der Waals surface area contributed by atoms with E-state index < -0.39 is 5.41 Å². The number of thiazole rings is 4. The molecule has 14 nitrogen and oxygen atoms in total. The fraction of sp³-hybridized carbons (Fsp3) is 0.568. The first kappa shape index (κ1) is 46.9. The first-order chi connectivity index (χ1) is 26.1. The van der Waals surface area contributed by atoms with Gasteiger partial charge in [0.05, 0.1) is 21.1 Å². The number of amides is 4. The summed E-state index contributed by atoms with van der Waals surface area (Å²) in [4.78, 5) is 92.6. The van der Waals surface area contributed by atoms with Crippen molar-refractivity contribution in [3.8, 4) is 0 Å². The second-order valence-electron chi connectivity index (χ2n) is 12.9. The van der Waals surface area contributed by atoms with Crippen molar-refractivity contribution in [3.05, 3.63) is 51.9 Å². The number of rotatable bonds is 16. The molecule has 4 heterocycles. The Morgan fingerprint density at radius 3 is 1.41 bits per heavy atom. The molecule has 0 aliphatic rings. The minimum atomic E-state index is -1.07. The molecule has 1 radical (unpaired) electrons. The molecule has 19 heteroatoms. The Morgan fingerprint density at radius 2 is 0.929 bits per heavy atom. The molecule has 0 aliphatic carbocycles. The van der Waals surface area contributed by atoms with Gasteiger partial charge in [0.1, 0.15) is 20.0 Å². The van der Waals surface area contributed by atoms with Crippen LogP contribution in [0.25, 0.3) is 0 Å². The van der Waals surface area contributed by atoms with E-state index in [1.807, 2.05) is 69.2 Å². The average Bonchev–Trinajstić information content (AvgIpc) is 3.96. The number of carbonyl (C=O) groups is 4. The monoisotopic (exact) mass is 891 g/mol. The Morgan fingerprint density at radius 1 is 0.554 bits per heavy atom. The van der Waals surface area contributed by atoms with E-state index in [-0.39, 0.29) is 40.7 Å². The summed E-state index contributed by atoms with van der Waals surface area (Å²) >= 11 is 4.68. The molecule has 0 atom stereocenters. The van der Waals surface area contributed by atoms with Crippen molar-refractivity contribution in [3.63, 3.8) is 0 Å². The van der Waals surface area contributed by atoms with Gasteiger partial charge in [0.25, 0.3) is 23.6 Å². The quantitative estimate of drug-likeness (QED) is 0.125. The van der Waals surface area contributed by atoms with Gasteiger partial charge in [0, 0.05) is 67.4 Å². The van der Waals surface area contributed by atoms with Gasteiger partial charge in [-0.05, 0) is 80.6 Å². The Hall–Kier alpha value is -3.48. The summed E-state index contributed by atoms with van der Waals surface area (Å²) in [6, 6.07) is 0. The molecule has 56 heavy (non-hydrogen) atoms. The van der Waals surface area contributed by atoms with E-state index in [4.69, 9.17) is 20.0 Å². The second-order valence-corrected chi connectivity index (χ2v) is 16.8. The van der Waals surface area contributed by atoms with Crippen molar-refractivity contribution in [2.24, 2.45) is 9.98 Å². The van der Waals surface area contributed by atoms with Gasteiger partial charge in [-0.1, -0.05) is 13.8 Å². The number of aromatic nitrogens is 4. The molecule has 4 aromatic rings. The third-order valence-electron chi connectivity index (χ3n) is 9.35. The van der Waals surface area contributed by atoms with Crippen LogP contribution in [0.2, 0.25) is 0 Å². The molecule has 0 N–H and O–H groups in total. The molecule has 0 aliphatic heterocycles. The maximum Gasteiger partial charge on any atom is 2.00 e. The Labute approximate surface area is 355 Å². The Kier molecular flexibility index (Phi) is 17.0. The summed E-state index contributed by atoms with van der Waals surface area (Å²) in [5, 5.41) is 0.660. The Bertz CT molecular complexity index is 2140. The molecule has 0 saturated carbocycles. The summed E-state index contributed by atoms with van der Waals surface area (Å²) in [6.45, 7) is 27.0. The summed E-state index contributed by atoms with van der Waals surface area (Å²) in [5.41, 5.74) is 0.925. The minimum absolute atomic E-state index is 0. The maximum absolute atomic E-state index is 14.1. The zero-order valence-electron chi connectivity index (χ0n) is 34.2. The van der Waals surface area contributed by atoms with Crippen molar-refractivity contribution in [1.82, 2.24) is 39.5 Å². The molecule has 309 valence electrons. The largest absolute Gasteiger partial charge is 2.00 e. The standard InChI is InChI=1S/C37H54N10O4S4.Cu/c1-13-44(14-2)29(48)23-21(9)38-33(52-23)42-35-40-27(25(54-35)31(50)46(17-5)18-6)37(11,12)28-26(32(51)47(19-7)20-8)55-36(41-28)43-34-39-22(10)24(53-34)30(49)45(15-3)16-4;/h13-20H2,1-12H3,(H2,38,39,40,41,42,43,48,49,50,51);/q;+2/p-2. The molecule has 0 aromatic carbocycles. The minimum Gasteiger partial charge on any atom is -0.430 e. The fourth-order valence-corrected chi connectivity index (χ4v) is 10.1. The smallest absolute Gasteiger partial charge is 0.430 e. The van der Waals surface area contributed by atoms with E-state index in [0.29, 0.717) is 115 Å². The van der Waals surface area contributed by atoms with Crippen LogP contribution in [-0.4, -0.2) is 106 Å². The van der Waals surface area contributed by atoms with E-state index in [2.05, 4.69) is 9.97 Å². The number of hydrogen-bond donors (Lipinski definition) is 0. The van der Waals surface area contributed by atoms with Crippen molar-refractivity contribution < 1.29 is 36.2 Å². The van der Waals surface area contributed by atoms with E-state index >= 15 is 0 Å². The zero-order chi connectivity index (χ0) is 40.8. The first-order valence-corrected chi connectivity index (χ1v) is 22.0. The van der Waals surface area contributed by atoms with Crippen molar-refractivity contribution in [1.29, 1.82) is 0 Å². The van der Waals surface area contributed by atoms with Crippen LogP contribution in [0.3, 0.4) is 0 Å². The van der Waals surface area contributed by atoms with Crippen LogP contribution in [0.15, 0.2) is 9.98 Å². The van der Waals surface area contributed by atoms with Crippen molar-refractivity contribution >= 4 is 79.2 Å². The van der Waals surface area contributed by atoms with Crippen LogP contribution in [-0.2, 0) is 22.5 Å². The van der Waals surface area contributed by atoms with Gasteiger partial charge in [-0.25, -0.2) is 9.97 Å². The van der Waals surface area contributed by atoms with Gasteiger partial charge < -0.3 is 39.6 Å². The molecular weight excluding hydrogens is 840 g/mol. The summed E-state index contributed by atoms with van der Waals surface area (Å²) in [5.74, 6) is -0.621. The number of hydrogen-bond acceptors (Lipinski definition) is 12. The molecule has 4 rings (SSSR count). The molecule has 0 unspecified atom stereocenters. The first-order valence-electron chi connectivity index (χ1n) is 18.7. The third kappa shape index (κ3) is 9.78. The van der Waals surface area contributed by atoms with Crippen LogP contribution in [0.4, 0.5) is 10.3 Å². The Balaban J connectivity index is 0.00000841. The van der Waals surface area contributed by atoms with Crippen LogP contribution in [0.5, 0.6) is 0 Å². The molecule has 0 bridgehead atoms. The van der Waals surface area contributed by atoms with E-state index in [1.54, 1.807) is 33.4 Å². The number of carbonyl (C=O) groups excluding carboxylic acids is 4. The predicted molar refractivity (Wildman–Crippen MR) is 221 cm³/mol. The van der Waals surface area contributed by atoms with Crippen LogP contribution in [0.1, 0.15) is 131 Å². The molecule has 4 amide bonds. The van der Waals surface area contributed by atoms with Crippen LogP contribution in [0, 0.1) is 13.8 Å². The average molecular weight is 893 g/mol. The van der Waals surface area contributed by atoms with Crippen molar-refractivity contribution in [2.75, 3.05) is 52.4 Å². The summed E-state index contributed by atoms with van der Waals surface area (Å²) < 4.78 is 0. The second kappa shape index (κ2) is 20.3. The van der Waals surface area contributed by atoms with Crippen LogP contribution >= 0.6 is 45.3 Å². The third-order valence-corrected chi connectivity index (χ3v) is 13.3. The zero-order valence-corrected chi connectivity index (χ0v) is 38.4. The van der Waals surface area contributed by atoms with Gasteiger partial charge in [0.15, 0.2) is 0 Å². The van der Waals surface area contributed by atoms with Crippen molar-refractivity contribution in [2.45, 2.75) is 88.5 Å². The normalized spacial score (nSPS) is 12.1. The molecule has 0 fully saturated rings. The van der Waals surface area contributed by atoms with Gasteiger partial charge in [0.2, 0.25) is 0 Å². The molecule has 0 spiro atoms. The van der Waals surface area contributed by atoms with E-state index in [1.165, 1.54) is 22.7 Å². The van der Waals surface area contributed by atoms with E-state index in [0.717, 1.165) is 22.7 Å². The molecule has 4 aromatic heterocycles. The fourth-order valence-electron chi connectivity index (χ4n) is 6.00. The van der Waals surface area contributed by atoms with Gasteiger partial charge >= 0.3 is 17.1 Å². The van der Waals surface area contributed by atoms with Gasteiger partial charge in [-0.3, -0.25) is 19.2 Å². The summed E-state index contributed by atoms with van der Waals surface area (Å²) in [6.07, 6.45) is 0. The number of nitrogens with zero attached hydrogens (tertiary/aromatic N) is 10. The molecule has 0 saturated heterocycles. The van der Waals surface area contributed by atoms with Crippen LogP contribution < -0.4 is 19.6 Å². The topological polar surface area (TPSA) is 160 Å². The van der Waals surface area contributed by atoms with Gasteiger partial charge in [-0.2, -0.15) is 0 Å².